The Labute approximate surface area is 154 Å². The van der Waals surface area contributed by atoms with Crippen molar-refractivity contribution in [2.45, 2.75) is 6.92 Å². The van der Waals surface area contributed by atoms with Crippen LogP contribution in [0.5, 0.6) is 0 Å². The van der Waals surface area contributed by atoms with Gasteiger partial charge in [0.15, 0.2) is 5.69 Å². The molecule has 0 fully saturated rings. The molecule has 0 atom stereocenters. The van der Waals surface area contributed by atoms with E-state index in [9.17, 15) is 9.90 Å². The summed E-state index contributed by atoms with van der Waals surface area (Å²) in [6.07, 6.45) is 0. The van der Waals surface area contributed by atoms with Crippen molar-refractivity contribution in [3.05, 3.63) is 77.3 Å². The highest BCUT2D eigenvalue weighted by Crippen LogP contribution is 2.29. The molecule has 0 saturated carbocycles. The minimum atomic E-state index is -1.06. The Morgan fingerprint density at radius 1 is 1.04 bits per heavy atom. The molecule has 0 bridgehead atoms. The number of aryl methyl sites for hydroxylation is 1. The predicted octanol–water partition coefficient (Wildman–Crippen LogP) is 4.67. The van der Waals surface area contributed by atoms with E-state index in [2.05, 4.69) is 10.1 Å². The van der Waals surface area contributed by atoms with Gasteiger partial charge in [-0.15, -0.1) is 11.3 Å². The monoisotopic (exact) mass is 361 g/mol. The van der Waals surface area contributed by atoms with Gasteiger partial charge in [0.2, 0.25) is 5.13 Å². The fraction of sp³-hybridized carbons (Fsp3) is 0.0500. The smallest absolute Gasteiger partial charge is 0.356 e. The van der Waals surface area contributed by atoms with Crippen LogP contribution in [0.4, 0.5) is 0 Å². The SMILES string of the molecule is Cc1ccc(-c2csc(-n3nc(C(=O)O)cc3-c3ccccc3)n2)cc1. The molecule has 128 valence electrons. The Hall–Kier alpha value is -3.25. The zero-order valence-corrected chi connectivity index (χ0v) is 14.8. The number of carboxylic acids is 1. The molecule has 0 aliphatic carbocycles. The van der Waals surface area contributed by atoms with Gasteiger partial charge in [-0.3, -0.25) is 0 Å². The number of nitrogens with zero attached hydrogens (tertiary/aromatic N) is 3. The number of hydrogen-bond acceptors (Lipinski definition) is 4. The Balaban J connectivity index is 1.80. The van der Waals surface area contributed by atoms with E-state index in [0.29, 0.717) is 10.8 Å². The normalized spacial score (nSPS) is 10.8. The lowest BCUT2D eigenvalue weighted by atomic mass is 10.1. The van der Waals surface area contributed by atoms with Crippen molar-refractivity contribution in [1.29, 1.82) is 0 Å². The van der Waals surface area contributed by atoms with Crippen LogP contribution in [-0.2, 0) is 0 Å². The van der Waals surface area contributed by atoms with Crippen LogP contribution in [0.2, 0.25) is 0 Å². The molecule has 0 aliphatic rings. The van der Waals surface area contributed by atoms with E-state index < -0.39 is 5.97 Å². The number of thiazole rings is 1. The van der Waals surface area contributed by atoms with Crippen molar-refractivity contribution in [1.82, 2.24) is 14.8 Å². The molecular formula is C20H15N3O2S. The van der Waals surface area contributed by atoms with Crippen LogP contribution in [0.25, 0.3) is 27.6 Å². The van der Waals surface area contributed by atoms with Gasteiger partial charge in [-0.1, -0.05) is 60.2 Å². The third kappa shape index (κ3) is 3.02. The van der Waals surface area contributed by atoms with Crippen LogP contribution in [0.3, 0.4) is 0 Å². The quantitative estimate of drug-likeness (QED) is 0.573. The lowest BCUT2D eigenvalue weighted by Crippen LogP contribution is -2.02. The van der Waals surface area contributed by atoms with Gasteiger partial charge < -0.3 is 5.11 Å². The molecule has 0 radical (unpaired) electrons. The molecule has 5 nitrogen and oxygen atoms in total. The number of carbonyl (C=O) groups is 1. The molecule has 2 aromatic heterocycles. The number of hydrogen-bond donors (Lipinski definition) is 1. The van der Waals surface area contributed by atoms with E-state index in [-0.39, 0.29) is 5.69 Å². The molecule has 0 amide bonds. The summed E-state index contributed by atoms with van der Waals surface area (Å²) in [6, 6.07) is 19.3. The highest BCUT2D eigenvalue weighted by atomic mass is 32.1. The summed E-state index contributed by atoms with van der Waals surface area (Å²) in [5.74, 6) is -1.06. The second-order valence-corrected chi connectivity index (χ2v) is 6.72. The number of aromatic carboxylic acids is 1. The fourth-order valence-electron chi connectivity index (χ4n) is 2.66. The van der Waals surface area contributed by atoms with Crippen molar-refractivity contribution in [3.8, 4) is 27.6 Å². The topological polar surface area (TPSA) is 68.0 Å². The Kier molecular flexibility index (Phi) is 4.10. The molecule has 6 heteroatoms. The Bertz CT molecular complexity index is 1070. The molecule has 0 aliphatic heterocycles. The molecule has 0 saturated heterocycles. The maximum absolute atomic E-state index is 11.4. The van der Waals surface area contributed by atoms with Crippen LogP contribution in [0.15, 0.2) is 66.0 Å². The van der Waals surface area contributed by atoms with E-state index in [1.54, 1.807) is 10.7 Å². The van der Waals surface area contributed by atoms with Crippen molar-refractivity contribution < 1.29 is 9.90 Å². The summed E-state index contributed by atoms with van der Waals surface area (Å²) in [5, 5.41) is 16.2. The van der Waals surface area contributed by atoms with Gasteiger partial charge in [-0.2, -0.15) is 5.10 Å². The van der Waals surface area contributed by atoms with Gasteiger partial charge in [0, 0.05) is 16.5 Å². The minimum absolute atomic E-state index is 0.00376. The maximum atomic E-state index is 11.4. The number of benzene rings is 2. The first-order valence-electron chi connectivity index (χ1n) is 8.03. The third-order valence-corrected chi connectivity index (χ3v) is 4.83. The molecule has 4 aromatic rings. The van der Waals surface area contributed by atoms with E-state index in [1.165, 1.54) is 16.9 Å². The average Bonchev–Trinajstić information content (AvgIpc) is 3.30. The van der Waals surface area contributed by atoms with Crippen LogP contribution >= 0.6 is 11.3 Å². The van der Waals surface area contributed by atoms with Crippen molar-refractivity contribution >= 4 is 17.3 Å². The van der Waals surface area contributed by atoms with Crippen LogP contribution in [-0.4, -0.2) is 25.8 Å². The predicted molar refractivity (Wildman–Crippen MR) is 102 cm³/mol. The third-order valence-electron chi connectivity index (χ3n) is 4.02. The highest BCUT2D eigenvalue weighted by Gasteiger charge is 2.18. The summed E-state index contributed by atoms with van der Waals surface area (Å²) < 4.78 is 1.60. The largest absolute Gasteiger partial charge is 0.476 e. The summed E-state index contributed by atoms with van der Waals surface area (Å²) in [6.45, 7) is 2.04. The van der Waals surface area contributed by atoms with E-state index in [0.717, 1.165) is 16.8 Å². The van der Waals surface area contributed by atoms with Crippen molar-refractivity contribution in [2.75, 3.05) is 0 Å². The first kappa shape index (κ1) is 16.2. The van der Waals surface area contributed by atoms with Crippen LogP contribution in [0.1, 0.15) is 16.1 Å². The van der Waals surface area contributed by atoms with E-state index in [1.807, 2.05) is 66.9 Å². The molecule has 0 unspecified atom stereocenters. The van der Waals surface area contributed by atoms with Gasteiger partial charge in [-0.25, -0.2) is 14.5 Å². The summed E-state index contributed by atoms with van der Waals surface area (Å²) >= 11 is 1.43. The second-order valence-electron chi connectivity index (χ2n) is 5.88. The number of aromatic nitrogens is 3. The summed E-state index contributed by atoms with van der Waals surface area (Å²) in [5.41, 5.74) is 4.64. The second kappa shape index (κ2) is 6.57. The maximum Gasteiger partial charge on any atom is 0.356 e. The molecule has 1 N–H and O–H groups in total. The number of carboxylic acid groups (broad SMARTS) is 1. The van der Waals surface area contributed by atoms with Crippen molar-refractivity contribution in [3.63, 3.8) is 0 Å². The van der Waals surface area contributed by atoms with Gasteiger partial charge in [0.25, 0.3) is 0 Å². The van der Waals surface area contributed by atoms with Gasteiger partial charge >= 0.3 is 5.97 Å². The summed E-state index contributed by atoms with van der Waals surface area (Å²) in [4.78, 5) is 16.1. The van der Waals surface area contributed by atoms with E-state index in [4.69, 9.17) is 0 Å². The summed E-state index contributed by atoms with van der Waals surface area (Å²) in [7, 11) is 0. The Morgan fingerprint density at radius 2 is 1.77 bits per heavy atom. The van der Waals surface area contributed by atoms with Crippen molar-refractivity contribution in [2.24, 2.45) is 0 Å². The highest BCUT2D eigenvalue weighted by molar-refractivity contribution is 7.12. The molecule has 0 spiro atoms. The molecule has 2 heterocycles. The standard InChI is InChI=1S/C20H15N3O2S/c1-13-7-9-14(10-8-13)17-12-26-20(21-17)23-18(11-16(22-23)19(24)25)15-5-3-2-4-6-15/h2-12H,1H3,(H,24,25). The zero-order chi connectivity index (χ0) is 18.1. The lowest BCUT2D eigenvalue weighted by Gasteiger charge is -2.03. The number of rotatable bonds is 4. The first-order valence-corrected chi connectivity index (χ1v) is 8.91. The molecule has 4 rings (SSSR count). The van der Waals surface area contributed by atoms with Gasteiger partial charge in [-0.05, 0) is 13.0 Å². The van der Waals surface area contributed by atoms with E-state index >= 15 is 0 Å². The lowest BCUT2D eigenvalue weighted by molar-refractivity contribution is 0.0690. The first-order chi connectivity index (χ1) is 12.6. The van der Waals surface area contributed by atoms with Gasteiger partial charge in [0.05, 0.1) is 11.4 Å². The molecule has 2 aromatic carbocycles. The molecule has 26 heavy (non-hydrogen) atoms. The molecular weight excluding hydrogens is 346 g/mol. The Morgan fingerprint density at radius 3 is 2.46 bits per heavy atom. The zero-order valence-electron chi connectivity index (χ0n) is 14.0. The fourth-order valence-corrected chi connectivity index (χ4v) is 3.46. The van der Waals surface area contributed by atoms with Crippen LogP contribution in [0, 0.1) is 6.92 Å². The average molecular weight is 361 g/mol. The minimum Gasteiger partial charge on any atom is -0.476 e. The van der Waals surface area contributed by atoms with Crippen LogP contribution < -0.4 is 0 Å². The van der Waals surface area contributed by atoms with Gasteiger partial charge in [0.1, 0.15) is 0 Å².